The van der Waals surface area contributed by atoms with Crippen molar-refractivity contribution in [2.45, 2.75) is 37.9 Å². The zero-order chi connectivity index (χ0) is 25.8. The van der Waals surface area contributed by atoms with E-state index >= 15 is 0 Å². The van der Waals surface area contributed by atoms with Gasteiger partial charge in [0.25, 0.3) is 0 Å². The molecule has 0 aromatic heterocycles. The van der Waals surface area contributed by atoms with Gasteiger partial charge in [-0.1, -0.05) is 25.6 Å². The van der Waals surface area contributed by atoms with Crippen molar-refractivity contribution in [2.24, 2.45) is 29.4 Å². The van der Waals surface area contributed by atoms with Crippen LogP contribution in [0.25, 0.3) is 11.8 Å². The van der Waals surface area contributed by atoms with Crippen molar-refractivity contribution in [3.05, 3.63) is 52.3 Å². The number of aliphatic hydroxyl groups excluding tert-OH is 2. The van der Waals surface area contributed by atoms with Crippen molar-refractivity contribution in [2.75, 3.05) is 20.6 Å². The van der Waals surface area contributed by atoms with E-state index in [1.807, 2.05) is 19.1 Å². The summed E-state index contributed by atoms with van der Waals surface area (Å²) in [6.45, 7) is 5.82. The first-order chi connectivity index (χ1) is 16.5. The van der Waals surface area contributed by atoms with Crippen molar-refractivity contribution >= 4 is 29.3 Å². The Morgan fingerprint density at radius 1 is 1.34 bits per heavy atom. The van der Waals surface area contributed by atoms with E-state index in [2.05, 4.69) is 12.3 Å². The highest BCUT2D eigenvalue weighted by Gasteiger charge is 2.67. The number of nitrogens with zero attached hydrogens (tertiary/aromatic N) is 1. The quantitative estimate of drug-likeness (QED) is 0.364. The standard InChI is InChI=1S/C27H32N2O6/c1-5-7-14-9-8-13(6-2)19-16(14)10-15-11-18-17(12-29(3)4)22(30)21(26(28)34)25(33)27(18,35)24(32)20(15)23(19)31/h7-9,15,17-18,21-22,30-31,35H,1,6,10-12H2,2-4H3,(H2,28,34)/t15?,17?,18?,21?,22?,27-/m0/s1. The maximum Gasteiger partial charge on any atom is 0.230 e. The molecule has 186 valence electrons. The third-order valence-corrected chi connectivity index (χ3v) is 7.93. The lowest BCUT2D eigenvalue weighted by molar-refractivity contribution is -0.184. The van der Waals surface area contributed by atoms with Gasteiger partial charge >= 0.3 is 0 Å². The highest BCUT2D eigenvalue weighted by Crippen LogP contribution is 2.53. The van der Waals surface area contributed by atoms with Crippen LogP contribution in [0, 0.1) is 23.7 Å². The normalized spacial score (nSPS) is 32.0. The summed E-state index contributed by atoms with van der Waals surface area (Å²) in [5.41, 5.74) is 8.69. The Labute approximate surface area is 204 Å². The van der Waals surface area contributed by atoms with Crippen LogP contribution in [-0.4, -0.2) is 70.0 Å². The lowest BCUT2D eigenvalue weighted by Gasteiger charge is -2.52. The molecule has 0 bridgehead atoms. The minimum Gasteiger partial charge on any atom is -0.507 e. The molecule has 0 heterocycles. The number of rotatable bonds is 5. The van der Waals surface area contributed by atoms with E-state index in [0.717, 1.165) is 16.7 Å². The van der Waals surface area contributed by atoms with E-state index in [1.54, 1.807) is 25.1 Å². The van der Waals surface area contributed by atoms with Crippen molar-refractivity contribution in [3.63, 3.8) is 0 Å². The fraction of sp³-hybridized carbons (Fsp3) is 0.481. The number of nitrogens with two attached hydrogens (primary N) is 1. The highest BCUT2D eigenvalue weighted by molar-refractivity contribution is 6.24. The summed E-state index contributed by atoms with van der Waals surface area (Å²) >= 11 is 0. The molecule has 8 nitrogen and oxygen atoms in total. The number of aliphatic hydroxyl groups is 3. The Hall–Kier alpha value is -3.03. The number of Topliss-reactive ketones (excluding diaryl/α,β-unsaturated/α-hetero) is 2. The van der Waals surface area contributed by atoms with E-state index in [4.69, 9.17) is 5.73 Å². The van der Waals surface area contributed by atoms with E-state index < -0.39 is 52.9 Å². The van der Waals surface area contributed by atoms with Crippen LogP contribution in [0.3, 0.4) is 0 Å². The first-order valence-corrected chi connectivity index (χ1v) is 11.9. The molecule has 3 aliphatic rings. The first kappa shape index (κ1) is 25.1. The van der Waals surface area contributed by atoms with Gasteiger partial charge in [-0.25, -0.2) is 0 Å². The zero-order valence-electron chi connectivity index (χ0n) is 20.2. The molecule has 1 aromatic rings. The predicted molar refractivity (Wildman–Crippen MR) is 130 cm³/mol. The lowest BCUT2D eigenvalue weighted by atomic mass is 9.52. The van der Waals surface area contributed by atoms with Gasteiger partial charge in [0, 0.05) is 29.5 Å². The molecule has 4 rings (SSSR count). The number of carbonyl (C=O) groups is 3. The molecule has 1 aromatic carbocycles. The third-order valence-electron chi connectivity index (χ3n) is 7.93. The van der Waals surface area contributed by atoms with Crippen LogP contribution in [0.5, 0.6) is 0 Å². The Balaban J connectivity index is 1.94. The third kappa shape index (κ3) is 3.60. The summed E-state index contributed by atoms with van der Waals surface area (Å²) in [7, 11) is 3.53. The van der Waals surface area contributed by atoms with Crippen molar-refractivity contribution in [1.82, 2.24) is 4.90 Å². The molecule has 5 unspecified atom stereocenters. The Morgan fingerprint density at radius 2 is 2.03 bits per heavy atom. The molecular weight excluding hydrogens is 448 g/mol. The second-order valence-electron chi connectivity index (χ2n) is 10.1. The summed E-state index contributed by atoms with van der Waals surface area (Å²) in [4.78, 5) is 41.2. The van der Waals surface area contributed by atoms with Gasteiger partial charge in [0.2, 0.25) is 11.7 Å². The molecule has 1 amide bonds. The van der Waals surface area contributed by atoms with Gasteiger partial charge in [-0.3, -0.25) is 14.4 Å². The number of benzene rings is 1. The number of amides is 1. The van der Waals surface area contributed by atoms with Gasteiger partial charge in [-0.2, -0.15) is 0 Å². The monoisotopic (exact) mass is 480 g/mol. The fourth-order valence-electron chi connectivity index (χ4n) is 6.40. The molecule has 3 aliphatic carbocycles. The van der Waals surface area contributed by atoms with Crippen molar-refractivity contribution in [1.29, 1.82) is 0 Å². The molecular formula is C27H32N2O6. The number of aryl methyl sites for hydroxylation is 1. The molecule has 2 fully saturated rings. The highest BCUT2D eigenvalue weighted by atomic mass is 16.3. The molecule has 2 saturated carbocycles. The second-order valence-corrected chi connectivity index (χ2v) is 10.1. The summed E-state index contributed by atoms with van der Waals surface area (Å²) in [5.74, 6) is -7.21. The average Bonchev–Trinajstić information content (AvgIpc) is 2.79. The summed E-state index contributed by atoms with van der Waals surface area (Å²) in [5, 5.41) is 34.1. The molecule has 8 heteroatoms. The minimum atomic E-state index is -2.55. The summed E-state index contributed by atoms with van der Waals surface area (Å²) < 4.78 is 0. The van der Waals surface area contributed by atoms with Crippen LogP contribution in [0.2, 0.25) is 0 Å². The largest absolute Gasteiger partial charge is 0.507 e. The smallest absolute Gasteiger partial charge is 0.230 e. The van der Waals surface area contributed by atoms with Gasteiger partial charge in [0.05, 0.1) is 6.10 Å². The Bertz CT molecular complexity index is 1190. The SMILES string of the molecule is C=C=Cc1ccc(CC)c2c1CC1CC3C(CN(C)C)C(O)C(C(N)=O)C(=O)[C@@]3(O)C(=O)C1=C2O. The topological polar surface area (TPSA) is 141 Å². The molecule has 0 spiro atoms. The lowest BCUT2D eigenvalue weighted by Crippen LogP contribution is -2.70. The minimum absolute atomic E-state index is 0.00208. The fourth-order valence-corrected chi connectivity index (χ4v) is 6.40. The van der Waals surface area contributed by atoms with Crippen LogP contribution in [-0.2, 0) is 27.2 Å². The second kappa shape index (κ2) is 8.88. The number of hydrogen-bond donors (Lipinski definition) is 4. The van der Waals surface area contributed by atoms with E-state index in [9.17, 15) is 29.7 Å². The van der Waals surface area contributed by atoms with Crippen molar-refractivity contribution < 1.29 is 29.7 Å². The van der Waals surface area contributed by atoms with Crippen LogP contribution in [0.15, 0.2) is 30.0 Å². The summed E-state index contributed by atoms with van der Waals surface area (Å²) in [6.07, 6.45) is 1.48. The van der Waals surface area contributed by atoms with Gasteiger partial charge in [-0.05, 0) is 62.0 Å². The number of hydrogen-bond acceptors (Lipinski definition) is 7. The van der Waals surface area contributed by atoms with Gasteiger partial charge in [0.15, 0.2) is 11.4 Å². The average molecular weight is 481 g/mol. The van der Waals surface area contributed by atoms with Crippen LogP contribution in [0.4, 0.5) is 0 Å². The van der Waals surface area contributed by atoms with Crippen LogP contribution < -0.4 is 5.73 Å². The first-order valence-electron chi connectivity index (χ1n) is 11.9. The van der Waals surface area contributed by atoms with Gasteiger partial charge in [0.1, 0.15) is 11.7 Å². The van der Waals surface area contributed by atoms with Gasteiger partial charge < -0.3 is 26.0 Å². The molecule has 6 atom stereocenters. The number of ketones is 2. The predicted octanol–water partition coefficient (Wildman–Crippen LogP) is 1.03. The molecule has 0 radical (unpaired) electrons. The van der Waals surface area contributed by atoms with Crippen LogP contribution >= 0.6 is 0 Å². The molecule has 0 aliphatic heterocycles. The maximum absolute atomic E-state index is 13.9. The zero-order valence-corrected chi connectivity index (χ0v) is 20.2. The molecule has 5 N–H and O–H groups in total. The van der Waals surface area contributed by atoms with Crippen LogP contribution in [0.1, 0.15) is 35.6 Å². The number of fused-ring (bicyclic) bond motifs is 3. The molecule has 0 saturated heterocycles. The van der Waals surface area contributed by atoms with E-state index in [1.165, 1.54) is 0 Å². The Morgan fingerprint density at radius 3 is 2.60 bits per heavy atom. The number of primary amides is 1. The van der Waals surface area contributed by atoms with Crippen molar-refractivity contribution in [3.8, 4) is 0 Å². The Kier molecular flexibility index (Phi) is 6.36. The van der Waals surface area contributed by atoms with Gasteiger partial charge in [-0.15, -0.1) is 5.73 Å². The van der Waals surface area contributed by atoms with E-state index in [0.29, 0.717) is 18.4 Å². The summed E-state index contributed by atoms with van der Waals surface area (Å²) in [6, 6.07) is 3.79. The number of carbonyl (C=O) groups excluding carboxylic acids is 3. The maximum atomic E-state index is 13.9. The molecule has 35 heavy (non-hydrogen) atoms. The van der Waals surface area contributed by atoms with E-state index in [-0.39, 0.29) is 24.3 Å².